The zero-order valence-corrected chi connectivity index (χ0v) is 15.4. The van der Waals surface area contributed by atoms with Gasteiger partial charge >= 0.3 is 0 Å². The maximum atomic E-state index is 12.5. The van der Waals surface area contributed by atoms with E-state index in [-0.39, 0.29) is 18.5 Å². The third kappa shape index (κ3) is 3.43. The smallest absolute Gasteiger partial charge is 0.241 e. The average Bonchev–Trinajstić information content (AvgIpc) is 3.09. The number of carbonyl (C=O) groups excluding carboxylic acids is 1. The van der Waals surface area contributed by atoms with Gasteiger partial charge in [0.1, 0.15) is 6.54 Å². The molecule has 24 heavy (non-hydrogen) atoms. The Morgan fingerprint density at radius 3 is 2.58 bits per heavy atom. The SMILES string of the molecule is Cc1cccc(N(CC(=O)N[C@@H]2C[C@H]3CC[C@H]2C3)S(C)(=O)=O)c1C. The number of rotatable bonds is 5. The van der Waals surface area contributed by atoms with Crippen molar-refractivity contribution in [3.8, 4) is 0 Å². The molecule has 0 saturated heterocycles. The van der Waals surface area contributed by atoms with Crippen molar-refractivity contribution >= 4 is 21.6 Å². The van der Waals surface area contributed by atoms with Gasteiger partial charge in [-0.05, 0) is 62.1 Å². The molecule has 2 bridgehead atoms. The van der Waals surface area contributed by atoms with Crippen LogP contribution in [0.4, 0.5) is 5.69 Å². The fourth-order valence-electron chi connectivity index (χ4n) is 4.19. The van der Waals surface area contributed by atoms with Gasteiger partial charge in [-0.1, -0.05) is 18.6 Å². The number of aryl methyl sites for hydroxylation is 1. The van der Waals surface area contributed by atoms with Crippen LogP contribution in [0.1, 0.15) is 36.8 Å². The maximum absolute atomic E-state index is 12.5. The molecule has 0 aliphatic heterocycles. The van der Waals surface area contributed by atoms with E-state index >= 15 is 0 Å². The number of hydrogen-bond acceptors (Lipinski definition) is 3. The number of hydrogen-bond donors (Lipinski definition) is 1. The van der Waals surface area contributed by atoms with E-state index in [0.717, 1.165) is 29.7 Å². The molecule has 3 rings (SSSR count). The van der Waals surface area contributed by atoms with Gasteiger partial charge in [0.2, 0.25) is 15.9 Å². The van der Waals surface area contributed by atoms with Crippen molar-refractivity contribution in [2.75, 3.05) is 17.1 Å². The van der Waals surface area contributed by atoms with Crippen molar-refractivity contribution in [2.24, 2.45) is 11.8 Å². The molecule has 1 N–H and O–H groups in total. The van der Waals surface area contributed by atoms with Gasteiger partial charge in [-0.25, -0.2) is 8.42 Å². The molecule has 2 aliphatic carbocycles. The molecule has 3 atom stereocenters. The molecule has 1 aromatic rings. The summed E-state index contributed by atoms with van der Waals surface area (Å²) in [6.07, 6.45) is 5.85. The van der Waals surface area contributed by atoms with Crippen LogP contribution in [0.2, 0.25) is 0 Å². The lowest BCUT2D eigenvalue weighted by atomic mass is 9.95. The lowest BCUT2D eigenvalue weighted by Gasteiger charge is -2.27. The highest BCUT2D eigenvalue weighted by atomic mass is 32.2. The van der Waals surface area contributed by atoms with Crippen LogP contribution in [0.3, 0.4) is 0 Å². The van der Waals surface area contributed by atoms with E-state index in [1.54, 1.807) is 6.07 Å². The molecule has 2 fully saturated rings. The van der Waals surface area contributed by atoms with Gasteiger partial charge in [0.15, 0.2) is 0 Å². The molecule has 2 saturated carbocycles. The van der Waals surface area contributed by atoms with Gasteiger partial charge in [-0.3, -0.25) is 9.10 Å². The summed E-state index contributed by atoms with van der Waals surface area (Å²) >= 11 is 0. The van der Waals surface area contributed by atoms with E-state index in [9.17, 15) is 13.2 Å². The zero-order chi connectivity index (χ0) is 17.5. The third-order valence-corrected chi connectivity index (χ3v) is 6.74. The number of carbonyl (C=O) groups is 1. The fraction of sp³-hybridized carbons (Fsp3) is 0.611. The van der Waals surface area contributed by atoms with E-state index in [4.69, 9.17) is 0 Å². The molecule has 2 aliphatic rings. The maximum Gasteiger partial charge on any atom is 0.241 e. The summed E-state index contributed by atoms with van der Waals surface area (Å²) in [6.45, 7) is 3.67. The normalized spacial score (nSPS) is 25.7. The van der Waals surface area contributed by atoms with Crippen LogP contribution in [0.25, 0.3) is 0 Å². The first-order valence-corrected chi connectivity index (χ1v) is 10.4. The number of amides is 1. The van der Waals surface area contributed by atoms with E-state index in [0.29, 0.717) is 11.6 Å². The molecule has 5 nitrogen and oxygen atoms in total. The molecule has 0 radical (unpaired) electrons. The van der Waals surface area contributed by atoms with Crippen molar-refractivity contribution in [1.29, 1.82) is 0 Å². The summed E-state index contributed by atoms with van der Waals surface area (Å²) in [6, 6.07) is 5.74. The van der Waals surface area contributed by atoms with Crippen molar-refractivity contribution in [2.45, 2.75) is 45.6 Å². The first kappa shape index (κ1) is 17.3. The third-order valence-electron chi connectivity index (χ3n) is 5.62. The van der Waals surface area contributed by atoms with Crippen molar-refractivity contribution in [1.82, 2.24) is 5.32 Å². The summed E-state index contributed by atoms with van der Waals surface area (Å²) in [5.41, 5.74) is 2.48. The molecule has 1 aromatic carbocycles. The summed E-state index contributed by atoms with van der Waals surface area (Å²) < 4.78 is 25.7. The summed E-state index contributed by atoms with van der Waals surface area (Å²) in [7, 11) is -3.52. The minimum atomic E-state index is -3.52. The molecule has 132 valence electrons. The molecule has 0 heterocycles. The molecule has 1 amide bonds. The highest BCUT2D eigenvalue weighted by Gasteiger charge is 2.40. The average molecular weight is 350 g/mol. The summed E-state index contributed by atoms with van der Waals surface area (Å²) in [5.74, 6) is 1.11. The number of nitrogens with one attached hydrogen (secondary N) is 1. The van der Waals surface area contributed by atoms with E-state index in [1.807, 2.05) is 26.0 Å². The first-order valence-electron chi connectivity index (χ1n) is 8.59. The number of benzene rings is 1. The van der Waals surface area contributed by atoms with Crippen LogP contribution in [-0.4, -0.2) is 33.2 Å². The van der Waals surface area contributed by atoms with Crippen LogP contribution in [0.5, 0.6) is 0 Å². The minimum Gasteiger partial charge on any atom is -0.352 e. The van der Waals surface area contributed by atoms with E-state index in [1.165, 1.54) is 23.6 Å². The summed E-state index contributed by atoms with van der Waals surface area (Å²) in [4.78, 5) is 12.5. The Hall–Kier alpha value is -1.56. The first-order chi connectivity index (χ1) is 11.3. The number of sulfonamides is 1. The van der Waals surface area contributed by atoms with Crippen LogP contribution < -0.4 is 9.62 Å². The lowest BCUT2D eigenvalue weighted by molar-refractivity contribution is -0.120. The molecule has 6 heteroatoms. The van der Waals surface area contributed by atoms with Crippen LogP contribution >= 0.6 is 0 Å². The Bertz CT molecular complexity index is 745. The predicted octanol–water partition coefficient (Wildman–Crippen LogP) is 2.37. The van der Waals surface area contributed by atoms with E-state index in [2.05, 4.69) is 5.32 Å². The van der Waals surface area contributed by atoms with Crippen molar-refractivity contribution in [3.05, 3.63) is 29.3 Å². The number of anilines is 1. The Kier molecular flexibility index (Phi) is 4.60. The van der Waals surface area contributed by atoms with Crippen molar-refractivity contribution in [3.63, 3.8) is 0 Å². The highest BCUT2D eigenvalue weighted by Crippen LogP contribution is 2.44. The monoisotopic (exact) mass is 350 g/mol. The van der Waals surface area contributed by atoms with Gasteiger partial charge in [-0.2, -0.15) is 0 Å². The van der Waals surface area contributed by atoms with Gasteiger partial charge in [0.25, 0.3) is 0 Å². The minimum absolute atomic E-state index is 0.156. The van der Waals surface area contributed by atoms with Crippen LogP contribution in [0, 0.1) is 25.7 Å². The van der Waals surface area contributed by atoms with Crippen molar-refractivity contribution < 1.29 is 13.2 Å². The second-order valence-electron chi connectivity index (χ2n) is 7.34. The molecular formula is C18H26N2O3S. The second-order valence-corrected chi connectivity index (χ2v) is 9.24. The Morgan fingerprint density at radius 1 is 1.25 bits per heavy atom. The van der Waals surface area contributed by atoms with Gasteiger partial charge < -0.3 is 5.32 Å². The Balaban J connectivity index is 1.75. The fourth-order valence-corrected chi connectivity index (χ4v) is 5.10. The second kappa shape index (κ2) is 6.39. The Labute approximate surface area is 144 Å². The zero-order valence-electron chi connectivity index (χ0n) is 14.6. The number of nitrogens with zero attached hydrogens (tertiary/aromatic N) is 1. The molecule has 0 unspecified atom stereocenters. The predicted molar refractivity (Wildman–Crippen MR) is 95.5 cm³/mol. The van der Waals surface area contributed by atoms with E-state index < -0.39 is 10.0 Å². The quantitative estimate of drug-likeness (QED) is 0.886. The Morgan fingerprint density at radius 2 is 2.00 bits per heavy atom. The number of fused-ring (bicyclic) bond motifs is 2. The molecular weight excluding hydrogens is 324 g/mol. The van der Waals surface area contributed by atoms with Crippen LogP contribution in [-0.2, 0) is 14.8 Å². The summed E-state index contributed by atoms with van der Waals surface area (Å²) in [5, 5.41) is 3.07. The highest BCUT2D eigenvalue weighted by molar-refractivity contribution is 7.92. The molecule has 0 spiro atoms. The standard InChI is InChI=1S/C18H26N2O3S/c1-12-5-4-6-17(13(12)2)20(24(3,22)23)11-18(21)19-16-10-14-7-8-15(16)9-14/h4-6,14-16H,7-11H2,1-3H3,(H,19,21)/t14-,15-,16+/m0/s1. The lowest BCUT2D eigenvalue weighted by Crippen LogP contribution is -2.45. The largest absolute Gasteiger partial charge is 0.352 e. The van der Waals surface area contributed by atoms with Crippen LogP contribution in [0.15, 0.2) is 18.2 Å². The van der Waals surface area contributed by atoms with Gasteiger partial charge in [0, 0.05) is 6.04 Å². The topological polar surface area (TPSA) is 66.5 Å². The molecule has 0 aromatic heterocycles. The van der Waals surface area contributed by atoms with Gasteiger partial charge in [0.05, 0.1) is 11.9 Å². The van der Waals surface area contributed by atoms with Gasteiger partial charge in [-0.15, -0.1) is 0 Å².